The fraction of sp³-hybridized carbons (Fsp3) is 0.278. The van der Waals surface area contributed by atoms with E-state index in [0.717, 1.165) is 40.8 Å². The second-order valence-corrected chi connectivity index (χ2v) is 11.9. The highest BCUT2D eigenvalue weighted by atomic mass is 19.1. The summed E-state index contributed by atoms with van der Waals surface area (Å²) in [6.45, 7) is 1.55. The minimum atomic E-state index is -0.692. The van der Waals surface area contributed by atoms with Gasteiger partial charge < -0.3 is 19.4 Å². The summed E-state index contributed by atoms with van der Waals surface area (Å²) in [6, 6.07) is 18.9. The van der Waals surface area contributed by atoms with Crippen molar-refractivity contribution in [1.82, 2.24) is 15.0 Å². The lowest BCUT2D eigenvalue weighted by Crippen LogP contribution is -2.17. The fourth-order valence-electron chi connectivity index (χ4n) is 6.20. The summed E-state index contributed by atoms with van der Waals surface area (Å²) in [7, 11) is 3.98. The normalized spacial score (nSPS) is 16.2. The van der Waals surface area contributed by atoms with E-state index in [9.17, 15) is 9.59 Å². The first-order chi connectivity index (χ1) is 21.8. The lowest BCUT2D eigenvalue weighted by atomic mass is 9.83. The van der Waals surface area contributed by atoms with E-state index in [4.69, 9.17) is 14.5 Å². The molecule has 45 heavy (non-hydrogen) atoms. The Bertz CT molecular complexity index is 1950. The van der Waals surface area contributed by atoms with Crippen LogP contribution in [0.3, 0.4) is 0 Å². The number of hydrogen-bond acceptors (Lipinski definition) is 7. The first-order valence-corrected chi connectivity index (χ1v) is 15.2. The van der Waals surface area contributed by atoms with Gasteiger partial charge in [0.15, 0.2) is 11.4 Å². The first-order valence-electron chi connectivity index (χ1n) is 15.2. The van der Waals surface area contributed by atoms with Crippen LogP contribution < -0.4 is 9.64 Å². The predicted octanol–water partition coefficient (Wildman–Crippen LogP) is 7.19. The van der Waals surface area contributed by atoms with Gasteiger partial charge in [0.25, 0.3) is 0 Å². The molecule has 1 fully saturated rings. The van der Waals surface area contributed by atoms with Crippen LogP contribution in [0.25, 0.3) is 33.7 Å². The Hall–Kier alpha value is -5.05. The molecule has 3 heterocycles. The Morgan fingerprint density at radius 3 is 2.60 bits per heavy atom. The number of fused-ring (bicyclic) bond motifs is 2. The Balaban J connectivity index is 1.33. The number of ketones is 1. The third-order valence-electron chi connectivity index (χ3n) is 8.70. The standard InChI is InChI=1S/C36H33FN4O4/c1-20(42)45-19-29-25(27-13-15-38-36-33(27)39-35(40-36)22-9-11-24(12-10-22)41(2)3)5-4-6-26(29)28-14-16-44-31-18-23(21-7-8-21)17-30(37)32(31)34(28)43/h4-6,9-13,15,17-18,21,28H,7-8,14,16,19H2,1-3H3,(H,38,39,40). The summed E-state index contributed by atoms with van der Waals surface area (Å²) in [6.07, 6.45) is 4.08. The number of nitrogens with one attached hydrogen (secondary N) is 1. The van der Waals surface area contributed by atoms with Crippen LogP contribution in [0.5, 0.6) is 5.75 Å². The summed E-state index contributed by atoms with van der Waals surface area (Å²) in [5.74, 6) is -0.727. The number of esters is 1. The van der Waals surface area contributed by atoms with Crippen LogP contribution in [0.15, 0.2) is 66.9 Å². The smallest absolute Gasteiger partial charge is 0.302 e. The van der Waals surface area contributed by atoms with Gasteiger partial charge in [0, 0.05) is 49.6 Å². The number of halogens is 1. The van der Waals surface area contributed by atoms with Gasteiger partial charge in [0.1, 0.15) is 24.0 Å². The molecule has 0 spiro atoms. The summed E-state index contributed by atoms with van der Waals surface area (Å²) in [5, 5.41) is 0. The van der Waals surface area contributed by atoms with Gasteiger partial charge in [-0.1, -0.05) is 18.2 Å². The van der Waals surface area contributed by atoms with Gasteiger partial charge in [-0.25, -0.2) is 14.4 Å². The van der Waals surface area contributed by atoms with E-state index < -0.39 is 17.7 Å². The van der Waals surface area contributed by atoms with Crippen molar-refractivity contribution >= 4 is 28.6 Å². The van der Waals surface area contributed by atoms with E-state index in [-0.39, 0.29) is 24.6 Å². The minimum Gasteiger partial charge on any atom is -0.493 e. The number of nitrogens with zero attached hydrogens (tertiary/aromatic N) is 3. The van der Waals surface area contributed by atoms with Gasteiger partial charge in [-0.15, -0.1) is 0 Å². The van der Waals surface area contributed by atoms with E-state index in [1.165, 1.54) is 13.0 Å². The molecule has 1 aliphatic heterocycles. The van der Waals surface area contributed by atoms with Crippen molar-refractivity contribution in [3.05, 3.63) is 94.9 Å². The zero-order chi connectivity index (χ0) is 31.2. The van der Waals surface area contributed by atoms with Crippen molar-refractivity contribution in [2.75, 3.05) is 25.6 Å². The summed E-state index contributed by atoms with van der Waals surface area (Å²) >= 11 is 0. The highest BCUT2D eigenvalue weighted by Crippen LogP contribution is 2.45. The van der Waals surface area contributed by atoms with Gasteiger partial charge in [-0.2, -0.15) is 0 Å². The maximum absolute atomic E-state index is 15.5. The molecule has 3 aromatic carbocycles. The Labute approximate surface area is 260 Å². The van der Waals surface area contributed by atoms with Gasteiger partial charge in [-0.05, 0) is 84.3 Å². The molecular formula is C36H33FN4O4. The van der Waals surface area contributed by atoms with E-state index >= 15 is 4.39 Å². The van der Waals surface area contributed by atoms with Gasteiger partial charge >= 0.3 is 5.97 Å². The number of rotatable bonds is 7. The maximum atomic E-state index is 15.5. The Morgan fingerprint density at radius 1 is 1.07 bits per heavy atom. The third kappa shape index (κ3) is 5.43. The van der Waals surface area contributed by atoms with Crippen LogP contribution in [0.1, 0.15) is 65.1 Å². The summed E-state index contributed by atoms with van der Waals surface area (Å²) < 4.78 is 27.0. The number of pyridine rings is 1. The molecule has 2 aromatic heterocycles. The molecule has 8 nitrogen and oxygen atoms in total. The number of Topliss-reactive ketones (excluding diaryl/α,β-unsaturated/α-hetero) is 1. The molecular weight excluding hydrogens is 571 g/mol. The first kappa shape index (κ1) is 28.7. The highest BCUT2D eigenvalue weighted by Gasteiger charge is 2.35. The number of carbonyl (C=O) groups excluding carboxylic acids is 2. The number of anilines is 1. The van der Waals surface area contributed by atoms with Gasteiger partial charge in [0.05, 0.1) is 23.6 Å². The van der Waals surface area contributed by atoms with E-state index in [0.29, 0.717) is 46.2 Å². The zero-order valence-corrected chi connectivity index (χ0v) is 25.4. The van der Waals surface area contributed by atoms with E-state index in [2.05, 4.69) is 9.97 Å². The van der Waals surface area contributed by atoms with Gasteiger partial charge in [0.2, 0.25) is 0 Å². The van der Waals surface area contributed by atoms with Crippen molar-refractivity contribution in [3.8, 4) is 28.3 Å². The van der Waals surface area contributed by atoms with Crippen LogP contribution in [0.2, 0.25) is 0 Å². The molecule has 0 radical (unpaired) electrons. The van der Waals surface area contributed by atoms with Crippen LogP contribution in [0.4, 0.5) is 10.1 Å². The molecule has 2 aliphatic rings. The van der Waals surface area contributed by atoms with Crippen molar-refractivity contribution in [2.24, 2.45) is 0 Å². The third-order valence-corrected chi connectivity index (χ3v) is 8.70. The molecule has 1 aliphatic carbocycles. The predicted molar refractivity (Wildman–Crippen MR) is 170 cm³/mol. The topological polar surface area (TPSA) is 97.4 Å². The van der Waals surface area contributed by atoms with Crippen LogP contribution in [-0.2, 0) is 16.1 Å². The van der Waals surface area contributed by atoms with E-state index in [1.54, 1.807) is 6.20 Å². The zero-order valence-electron chi connectivity index (χ0n) is 25.4. The minimum absolute atomic E-state index is 0.0180. The molecule has 228 valence electrons. The van der Waals surface area contributed by atoms with Crippen molar-refractivity contribution in [1.29, 1.82) is 0 Å². The molecule has 9 heteroatoms. The molecule has 7 rings (SSSR count). The lowest BCUT2D eigenvalue weighted by molar-refractivity contribution is -0.142. The quantitative estimate of drug-likeness (QED) is 0.197. The van der Waals surface area contributed by atoms with Gasteiger partial charge in [-0.3, -0.25) is 9.59 Å². The molecule has 1 unspecified atom stereocenters. The number of carbonyl (C=O) groups is 2. The van der Waals surface area contributed by atoms with E-state index in [1.807, 2.05) is 73.6 Å². The number of aromatic amines is 1. The Kier molecular flexibility index (Phi) is 7.31. The second-order valence-electron chi connectivity index (χ2n) is 11.9. The number of imidazole rings is 1. The average Bonchev–Trinajstić information content (AvgIpc) is 3.81. The monoisotopic (exact) mass is 604 g/mol. The maximum Gasteiger partial charge on any atom is 0.302 e. The molecule has 0 bridgehead atoms. The van der Waals surface area contributed by atoms with Crippen molar-refractivity contribution in [2.45, 2.75) is 44.6 Å². The number of ether oxygens (including phenoxy) is 2. The number of H-pyrrole nitrogens is 1. The molecule has 1 N–H and O–H groups in total. The van der Waals surface area contributed by atoms with Crippen molar-refractivity contribution < 1.29 is 23.5 Å². The van der Waals surface area contributed by atoms with Crippen LogP contribution >= 0.6 is 0 Å². The second kappa shape index (κ2) is 11.5. The molecule has 1 atom stereocenters. The fourth-order valence-corrected chi connectivity index (χ4v) is 6.20. The molecule has 1 saturated carbocycles. The van der Waals surface area contributed by atoms with Crippen molar-refractivity contribution in [3.63, 3.8) is 0 Å². The lowest BCUT2D eigenvalue weighted by Gasteiger charge is -2.21. The number of hydrogen-bond donors (Lipinski definition) is 1. The highest BCUT2D eigenvalue weighted by molar-refractivity contribution is 6.04. The number of aromatic nitrogens is 3. The van der Waals surface area contributed by atoms with Crippen LogP contribution in [-0.4, -0.2) is 47.4 Å². The summed E-state index contributed by atoms with van der Waals surface area (Å²) in [4.78, 5) is 40.8. The molecule has 0 saturated heterocycles. The average molecular weight is 605 g/mol. The Morgan fingerprint density at radius 2 is 1.87 bits per heavy atom. The molecule has 0 amide bonds. The summed E-state index contributed by atoms with van der Waals surface area (Å²) in [5.41, 5.74) is 6.99. The number of benzene rings is 3. The molecule has 5 aromatic rings. The largest absolute Gasteiger partial charge is 0.493 e. The van der Waals surface area contributed by atoms with Crippen LogP contribution in [0, 0.1) is 5.82 Å². The SMILES string of the molecule is CC(=O)OCc1c(-c2ccnc3nc(-c4ccc(N(C)C)cc4)[nH]c23)cccc1C1CCOc2cc(C3CC3)cc(F)c2C1=O.